The molecule has 148 valence electrons. The highest BCUT2D eigenvalue weighted by atomic mass is 16.1. The molecule has 5 heteroatoms. The summed E-state index contributed by atoms with van der Waals surface area (Å²) in [6.45, 7) is 5.64. The number of hydrogen-bond donors (Lipinski definition) is 1. The van der Waals surface area contributed by atoms with E-state index in [1.54, 1.807) is 12.4 Å². The van der Waals surface area contributed by atoms with Gasteiger partial charge in [-0.05, 0) is 51.5 Å². The first kappa shape index (κ1) is 20.1. The summed E-state index contributed by atoms with van der Waals surface area (Å²) >= 11 is 0. The van der Waals surface area contributed by atoms with Crippen LogP contribution in [0.1, 0.15) is 61.9 Å². The zero-order chi connectivity index (χ0) is 19.8. The number of hydrogen-bond acceptors (Lipinski definition) is 4. The number of carbonyl (C=O) groups excluding carboxylic acids is 1. The first-order valence-corrected chi connectivity index (χ1v) is 10.2. The van der Waals surface area contributed by atoms with E-state index in [0.717, 1.165) is 13.0 Å². The van der Waals surface area contributed by atoms with Crippen molar-refractivity contribution in [2.75, 3.05) is 11.4 Å². The summed E-state index contributed by atoms with van der Waals surface area (Å²) < 4.78 is 0. The predicted molar refractivity (Wildman–Crippen MR) is 113 cm³/mol. The van der Waals surface area contributed by atoms with Gasteiger partial charge in [-0.25, -0.2) is 9.97 Å². The zero-order valence-corrected chi connectivity index (χ0v) is 16.9. The fourth-order valence-corrected chi connectivity index (χ4v) is 3.42. The van der Waals surface area contributed by atoms with Crippen molar-refractivity contribution < 1.29 is 4.79 Å². The summed E-state index contributed by atoms with van der Waals surface area (Å²) in [5.74, 6) is 0.532. The van der Waals surface area contributed by atoms with Crippen LogP contribution in [0.4, 0.5) is 5.95 Å². The number of rotatable bonds is 8. The van der Waals surface area contributed by atoms with E-state index in [9.17, 15) is 4.79 Å². The molecule has 0 aliphatic heterocycles. The average molecular weight is 379 g/mol. The Morgan fingerprint density at radius 1 is 1.14 bits per heavy atom. The third-order valence-electron chi connectivity index (χ3n) is 5.09. The molecule has 0 fully saturated rings. The van der Waals surface area contributed by atoms with E-state index in [4.69, 9.17) is 0 Å². The van der Waals surface area contributed by atoms with E-state index in [1.165, 1.54) is 36.8 Å². The second-order valence-electron chi connectivity index (χ2n) is 7.59. The standard InChI is InChI=1S/C23H30N4O/c1-18(2)27(17-20-11-7-4-8-12-20)23-25-15-21(16-26-23)22(28)24-14-13-19-9-5-3-6-10-19/h4,7-9,11-12,15-16,18H,3,5-6,10,13-14,17H2,1-2H3,(H,24,28). The third kappa shape index (κ3) is 5.65. The highest BCUT2D eigenvalue weighted by Gasteiger charge is 2.15. The number of allylic oxidation sites excluding steroid dienone is 1. The van der Waals surface area contributed by atoms with E-state index in [0.29, 0.717) is 18.1 Å². The predicted octanol–water partition coefficient (Wildman–Crippen LogP) is 4.51. The van der Waals surface area contributed by atoms with Crippen LogP contribution in [-0.4, -0.2) is 28.5 Å². The van der Waals surface area contributed by atoms with Gasteiger partial charge < -0.3 is 10.2 Å². The molecule has 0 radical (unpaired) electrons. The maximum Gasteiger partial charge on any atom is 0.254 e. The van der Waals surface area contributed by atoms with E-state index < -0.39 is 0 Å². The Balaban J connectivity index is 1.57. The normalized spacial score (nSPS) is 13.9. The van der Waals surface area contributed by atoms with E-state index in [-0.39, 0.29) is 11.9 Å². The van der Waals surface area contributed by atoms with Gasteiger partial charge in [0.1, 0.15) is 0 Å². The lowest BCUT2D eigenvalue weighted by atomic mass is 9.97. The minimum atomic E-state index is -0.109. The quantitative estimate of drug-likeness (QED) is 0.687. The molecule has 0 bridgehead atoms. The average Bonchev–Trinajstić information content (AvgIpc) is 2.73. The van der Waals surface area contributed by atoms with Crippen molar-refractivity contribution in [3.8, 4) is 0 Å². The number of nitrogens with one attached hydrogen (secondary N) is 1. The molecule has 0 saturated carbocycles. The summed E-state index contributed by atoms with van der Waals surface area (Å²) in [7, 11) is 0. The summed E-state index contributed by atoms with van der Waals surface area (Å²) in [5.41, 5.74) is 3.18. The third-order valence-corrected chi connectivity index (χ3v) is 5.09. The number of carbonyl (C=O) groups is 1. The number of aromatic nitrogens is 2. The van der Waals surface area contributed by atoms with E-state index in [2.05, 4.69) is 52.2 Å². The van der Waals surface area contributed by atoms with Gasteiger partial charge in [-0.1, -0.05) is 42.0 Å². The molecule has 0 saturated heterocycles. The Labute approximate surface area is 167 Å². The van der Waals surface area contributed by atoms with Crippen molar-refractivity contribution in [3.63, 3.8) is 0 Å². The lowest BCUT2D eigenvalue weighted by molar-refractivity contribution is 0.0953. The maximum absolute atomic E-state index is 12.4. The molecule has 1 heterocycles. The zero-order valence-electron chi connectivity index (χ0n) is 16.9. The van der Waals surface area contributed by atoms with Gasteiger partial charge in [-0.15, -0.1) is 0 Å². The molecule has 28 heavy (non-hydrogen) atoms. The molecule has 1 aromatic carbocycles. The van der Waals surface area contributed by atoms with Crippen molar-refractivity contribution in [1.82, 2.24) is 15.3 Å². The minimum Gasteiger partial charge on any atom is -0.352 e. The van der Waals surface area contributed by atoms with Crippen molar-refractivity contribution in [1.29, 1.82) is 0 Å². The Bertz CT molecular complexity index is 784. The van der Waals surface area contributed by atoms with Gasteiger partial charge in [-0.2, -0.15) is 0 Å². The number of nitrogens with zero attached hydrogens (tertiary/aromatic N) is 3. The molecular weight excluding hydrogens is 348 g/mol. The highest BCUT2D eigenvalue weighted by Crippen LogP contribution is 2.19. The lowest BCUT2D eigenvalue weighted by Crippen LogP contribution is -2.32. The molecule has 0 spiro atoms. The minimum absolute atomic E-state index is 0.109. The van der Waals surface area contributed by atoms with Gasteiger partial charge in [0.25, 0.3) is 5.91 Å². The van der Waals surface area contributed by atoms with Crippen LogP contribution in [0.2, 0.25) is 0 Å². The smallest absolute Gasteiger partial charge is 0.254 e. The van der Waals surface area contributed by atoms with Crippen molar-refractivity contribution in [2.24, 2.45) is 0 Å². The Hall–Kier alpha value is -2.69. The molecule has 0 unspecified atom stereocenters. The second kappa shape index (κ2) is 10.0. The number of benzene rings is 1. The van der Waals surface area contributed by atoms with E-state index in [1.807, 2.05) is 18.2 Å². The summed E-state index contributed by atoms with van der Waals surface area (Å²) in [4.78, 5) is 23.4. The summed E-state index contributed by atoms with van der Waals surface area (Å²) in [6.07, 6.45) is 11.4. The van der Waals surface area contributed by atoms with Crippen LogP contribution in [0, 0.1) is 0 Å². The van der Waals surface area contributed by atoms with E-state index >= 15 is 0 Å². The van der Waals surface area contributed by atoms with Crippen LogP contribution in [0.5, 0.6) is 0 Å². The van der Waals surface area contributed by atoms with Gasteiger partial charge in [-0.3, -0.25) is 4.79 Å². The summed E-state index contributed by atoms with van der Waals surface area (Å²) in [6, 6.07) is 10.5. The molecule has 3 rings (SSSR count). The molecule has 5 nitrogen and oxygen atoms in total. The van der Waals surface area contributed by atoms with Crippen LogP contribution in [0.25, 0.3) is 0 Å². The molecular formula is C23H30N4O. The maximum atomic E-state index is 12.4. The van der Waals surface area contributed by atoms with Crippen molar-refractivity contribution >= 4 is 11.9 Å². The number of amides is 1. The van der Waals surface area contributed by atoms with Crippen molar-refractivity contribution in [3.05, 3.63) is 65.5 Å². The molecule has 1 aliphatic rings. The lowest BCUT2D eigenvalue weighted by Gasteiger charge is -2.26. The fraction of sp³-hybridized carbons (Fsp3) is 0.435. The van der Waals surface area contributed by atoms with Gasteiger partial charge >= 0.3 is 0 Å². The second-order valence-corrected chi connectivity index (χ2v) is 7.59. The molecule has 1 aromatic heterocycles. The topological polar surface area (TPSA) is 58.1 Å². The SMILES string of the molecule is CC(C)N(Cc1ccccc1)c1ncc(C(=O)NCCC2=CCCCC2)cn1. The first-order valence-electron chi connectivity index (χ1n) is 10.2. The number of anilines is 1. The van der Waals surface area contributed by atoms with Gasteiger partial charge in [0.2, 0.25) is 5.95 Å². The van der Waals surface area contributed by atoms with Crippen molar-refractivity contribution in [2.45, 2.75) is 58.5 Å². The molecule has 2 aromatic rings. The fourth-order valence-electron chi connectivity index (χ4n) is 3.42. The molecule has 1 amide bonds. The molecule has 0 atom stereocenters. The van der Waals surface area contributed by atoms with Gasteiger partial charge in [0.05, 0.1) is 5.56 Å². The Kier molecular flexibility index (Phi) is 7.18. The van der Waals surface area contributed by atoms with Crippen LogP contribution in [-0.2, 0) is 6.54 Å². The van der Waals surface area contributed by atoms with Crippen LogP contribution in [0.15, 0.2) is 54.4 Å². The first-order chi connectivity index (χ1) is 13.6. The van der Waals surface area contributed by atoms with Crippen LogP contribution in [0.3, 0.4) is 0 Å². The molecule has 1 N–H and O–H groups in total. The largest absolute Gasteiger partial charge is 0.352 e. The van der Waals surface area contributed by atoms with Crippen LogP contribution >= 0.6 is 0 Å². The summed E-state index contributed by atoms with van der Waals surface area (Å²) in [5, 5.41) is 2.98. The van der Waals surface area contributed by atoms with Crippen LogP contribution < -0.4 is 10.2 Å². The monoisotopic (exact) mass is 378 g/mol. The van der Waals surface area contributed by atoms with Gasteiger partial charge in [0.15, 0.2) is 0 Å². The van der Waals surface area contributed by atoms with Gasteiger partial charge in [0, 0.05) is 31.5 Å². The Morgan fingerprint density at radius 3 is 2.54 bits per heavy atom. The molecule has 1 aliphatic carbocycles. The highest BCUT2D eigenvalue weighted by molar-refractivity contribution is 5.93. The Morgan fingerprint density at radius 2 is 1.89 bits per heavy atom.